The summed E-state index contributed by atoms with van der Waals surface area (Å²) in [6, 6.07) is 8.06. The summed E-state index contributed by atoms with van der Waals surface area (Å²) in [5.41, 5.74) is 2.21. The summed E-state index contributed by atoms with van der Waals surface area (Å²) < 4.78 is 13.0. The lowest BCUT2D eigenvalue weighted by Crippen LogP contribution is -2.35. The average molecular weight is 370 g/mol. The molecule has 2 aliphatic rings. The molecule has 27 heavy (non-hydrogen) atoms. The maximum atomic E-state index is 12.7. The summed E-state index contributed by atoms with van der Waals surface area (Å²) in [6.07, 6.45) is 6.86. The fraction of sp³-hybridized carbons (Fsp3) is 0.550. The lowest BCUT2D eigenvalue weighted by molar-refractivity contribution is -0.00180. The molecule has 1 atom stereocenters. The number of carbonyl (C=O) groups is 1. The Balaban J connectivity index is 1.43. The molecule has 0 saturated heterocycles. The Labute approximate surface area is 159 Å². The summed E-state index contributed by atoms with van der Waals surface area (Å²) in [5.74, 6) is 0.683. The third kappa shape index (κ3) is 3.98. The maximum Gasteiger partial charge on any atom is 0.274 e. The van der Waals surface area contributed by atoms with E-state index in [0.29, 0.717) is 18.8 Å². The number of fused-ring (bicyclic) bond motifs is 1. The van der Waals surface area contributed by atoms with Crippen molar-refractivity contribution in [2.45, 2.75) is 63.8 Å². The second-order valence-electron chi connectivity index (χ2n) is 7.30. The summed E-state index contributed by atoms with van der Waals surface area (Å²) in [6.45, 7) is 0.877. The fourth-order valence-electron chi connectivity index (χ4n) is 3.89. The van der Waals surface area contributed by atoms with E-state index in [1.807, 2.05) is 24.3 Å². The Morgan fingerprint density at radius 2 is 1.93 bits per heavy atom. The number of hydrogen-bond donors (Lipinski definition) is 1. The minimum Gasteiger partial charge on any atom is -0.497 e. The van der Waals surface area contributed by atoms with Gasteiger partial charge in [-0.25, -0.2) is 4.68 Å². The molecule has 0 spiro atoms. The van der Waals surface area contributed by atoms with Gasteiger partial charge in [-0.2, -0.15) is 0 Å². The van der Waals surface area contributed by atoms with E-state index >= 15 is 0 Å². The Kier molecular flexibility index (Phi) is 5.38. The highest BCUT2D eigenvalue weighted by Crippen LogP contribution is 2.28. The predicted octanol–water partition coefficient (Wildman–Crippen LogP) is 3.01. The third-order valence-electron chi connectivity index (χ3n) is 5.49. The third-order valence-corrected chi connectivity index (χ3v) is 5.49. The van der Waals surface area contributed by atoms with E-state index in [2.05, 4.69) is 15.6 Å². The fourth-order valence-corrected chi connectivity index (χ4v) is 3.89. The summed E-state index contributed by atoms with van der Waals surface area (Å²) >= 11 is 0. The first-order chi connectivity index (χ1) is 13.2. The van der Waals surface area contributed by atoms with Gasteiger partial charge in [-0.3, -0.25) is 4.79 Å². The van der Waals surface area contributed by atoms with E-state index in [1.165, 1.54) is 25.7 Å². The molecule has 1 fully saturated rings. The molecule has 1 amide bonds. The van der Waals surface area contributed by atoms with Crippen LogP contribution in [0.3, 0.4) is 0 Å². The van der Waals surface area contributed by atoms with Crippen molar-refractivity contribution in [2.24, 2.45) is 0 Å². The molecule has 2 heterocycles. The Bertz CT molecular complexity index is 779. The number of carbonyl (C=O) groups excluding carboxylic acids is 1. The van der Waals surface area contributed by atoms with Crippen molar-refractivity contribution >= 4 is 5.91 Å². The molecule has 0 radical (unpaired) electrons. The van der Waals surface area contributed by atoms with Crippen molar-refractivity contribution in [1.82, 2.24) is 20.3 Å². The number of ether oxygens (including phenoxy) is 2. The molecule has 1 saturated carbocycles. The highest BCUT2D eigenvalue weighted by atomic mass is 16.5. The van der Waals surface area contributed by atoms with Gasteiger partial charge in [0.05, 0.1) is 26.0 Å². The lowest BCUT2D eigenvalue weighted by atomic mass is 10.1. The van der Waals surface area contributed by atoms with Crippen molar-refractivity contribution in [3.8, 4) is 5.75 Å². The number of hydrogen-bond acceptors (Lipinski definition) is 5. The summed E-state index contributed by atoms with van der Waals surface area (Å²) in [7, 11) is 1.65. The molecule has 1 aromatic heterocycles. The second-order valence-corrected chi connectivity index (χ2v) is 7.30. The number of nitrogens with one attached hydrogen (secondary N) is 1. The Morgan fingerprint density at radius 1 is 1.19 bits per heavy atom. The topological polar surface area (TPSA) is 78.3 Å². The predicted molar refractivity (Wildman–Crippen MR) is 99.5 cm³/mol. The van der Waals surface area contributed by atoms with Crippen LogP contribution in [0.2, 0.25) is 0 Å². The highest BCUT2D eigenvalue weighted by Gasteiger charge is 2.28. The van der Waals surface area contributed by atoms with Crippen LogP contribution in [0, 0.1) is 0 Å². The van der Waals surface area contributed by atoms with Crippen LogP contribution in [0.5, 0.6) is 5.75 Å². The van der Waals surface area contributed by atoms with Crippen LogP contribution in [0.1, 0.15) is 66.4 Å². The first-order valence-corrected chi connectivity index (χ1v) is 9.73. The van der Waals surface area contributed by atoms with Gasteiger partial charge in [0.15, 0.2) is 5.69 Å². The first kappa shape index (κ1) is 18.0. The zero-order chi connectivity index (χ0) is 18.6. The van der Waals surface area contributed by atoms with Gasteiger partial charge in [-0.1, -0.05) is 43.0 Å². The van der Waals surface area contributed by atoms with Crippen LogP contribution < -0.4 is 10.1 Å². The van der Waals surface area contributed by atoms with Gasteiger partial charge in [0.1, 0.15) is 11.9 Å². The second kappa shape index (κ2) is 8.08. The van der Waals surface area contributed by atoms with E-state index < -0.39 is 0 Å². The van der Waals surface area contributed by atoms with Gasteiger partial charge < -0.3 is 14.8 Å². The number of aromatic nitrogens is 3. The number of benzene rings is 1. The molecule has 144 valence electrons. The number of nitrogens with zero attached hydrogens (tertiary/aromatic N) is 3. The van der Waals surface area contributed by atoms with Crippen LogP contribution in [-0.4, -0.2) is 34.1 Å². The van der Waals surface area contributed by atoms with Gasteiger partial charge in [-0.05, 0) is 30.5 Å². The van der Waals surface area contributed by atoms with Crippen LogP contribution >= 0.6 is 0 Å². The summed E-state index contributed by atoms with van der Waals surface area (Å²) in [4.78, 5) is 12.7. The van der Waals surface area contributed by atoms with Gasteiger partial charge in [0.25, 0.3) is 5.91 Å². The van der Waals surface area contributed by atoms with Crippen LogP contribution in [0.4, 0.5) is 0 Å². The minimum atomic E-state index is -0.130. The number of methoxy groups -OCH3 is 1. The molecule has 1 aromatic carbocycles. The molecule has 4 rings (SSSR count). The number of amides is 1. The molecule has 0 unspecified atom stereocenters. The van der Waals surface area contributed by atoms with Crippen molar-refractivity contribution in [2.75, 3.05) is 7.11 Å². The van der Waals surface area contributed by atoms with Crippen molar-refractivity contribution in [3.05, 3.63) is 41.2 Å². The van der Waals surface area contributed by atoms with E-state index in [0.717, 1.165) is 29.8 Å². The van der Waals surface area contributed by atoms with Gasteiger partial charge >= 0.3 is 0 Å². The maximum absolute atomic E-state index is 12.7. The van der Waals surface area contributed by atoms with Crippen LogP contribution in [0.25, 0.3) is 0 Å². The van der Waals surface area contributed by atoms with Crippen LogP contribution in [-0.2, 0) is 17.9 Å². The molecule has 0 bridgehead atoms. The Morgan fingerprint density at radius 3 is 2.63 bits per heavy atom. The molecule has 1 aliphatic carbocycles. The van der Waals surface area contributed by atoms with Gasteiger partial charge in [0, 0.05) is 6.04 Å². The smallest absolute Gasteiger partial charge is 0.274 e. The molecular formula is C20H26N4O3. The highest BCUT2D eigenvalue weighted by molar-refractivity contribution is 5.93. The van der Waals surface area contributed by atoms with E-state index in [9.17, 15) is 4.79 Å². The standard InChI is InChI=1S/C20H26N4O3/c1-26-16-10-8-14(9-11-16)18-12-24-17(13-27-18)19(22-23-24)20(25)21-15-6-4-2-3-5-7-15/h8-11,15,18H,2-7,12-13H2,1H3,(H,21,25)/t18-/m1/s1. The average Bonchev–Trinajstić information content (AvgIpc) is 2.97. The Hall–Kier alpha value is -2.41. The zero-order valence-electron chi connectivity index (χ0n) is 15.7. The lowest BCUT2D eigenvalue weighted by Gasteiger charge is -2.24. The van der Waals surface area contributed by atoms with E-state index in [-0.39, 0.29) is 18.1 Å². The SMILES string of the molecule is COc1ccc([C@H]2Cn3nnc(C(=O)NC4CCCCCC4)c3CO2)cc1. The largest absolute Gasteiger partial charge is 0.497 e. The van der Waals surface area contributed by atoms with Crippen molar-refractivity contribution in [3.63, 3.8) is 0 Å². The molecule has 7 nitrogen and oxygen atoms in total. The first-order valence-electron chi connectivity index (χ1n) is 9.73. The molecule has 1 N–H and O–H groups in total. The minimum absolute atomic E-state index is 0.108. The molecular weight excluding hydrogens is 344 g/mol. The monoisotopic (exact) mass is 370 g/mol. The van der Waals surface area contributed by atoms with Crippen molar-refractivity contribution in [1.29, 1.82) is 0 Å². The number of rotatable bonds is 4. The normalized spacial score (nSPS) is 20.6. The molecule has 2 aromatic rings. The summed E-state index contributed by atoms with van der Waals surface area (Å²) in [5, 5.41) is 11.5. The van der Waals surface area contributed by atoms with Gasteiger partial charge in [0.2, 0.25) is 0 Å². The molecule has 1 aliphatic heterocycles. The van der Waals surface area contributed by atoms with Crippen molar-refractivity contribution < 1.29 is 14.3 Å². The molecule has 7 heteroatoms. The van der Waals surface area contributed by atoms with Crippen LogP contribution in [0.15, 0.2) is 24.3 Å². The van der Waals surface area contributed by atoms with Gasteiger partial charge in [-0.15, -0.1) is 5.10 Å². The zero-order valence-corrected chi connectivity index (χ0v) is 15.7. The van der Waals surface area contributed by atoms with E-state index in [4.69, 9.17) is 9.47 Å². The quantitative estimate of drug-likeness (QED) is 0.837. The van der Waals surface area contributed by atoms with E-state index in [1.54, 1.807) is 11.8 Å².